The largest absolute Gasteiger partial charge is 0.423 e. The van der Waals surface area contributed by atoms with Gasteiger partial charge in [0, 0.05) is 25.1 Å². The maximum Gasteiger partial charge on any atom is 0.238 e. The van der Waals surface area contributed by atoms with Crippen molar-refractivity contribution in [3.05, 3.63) is 41.6 Å². The second kappa shape index (κ2) is 4.12. The minimum Gasteiger partial charge on any atom is -0.423 e. The van der Waals surface area contributed by atoms with Crippen LogP contribution in [0, 0.1) is 6.92 Å². The SMILES string of the molecule is Cc1nnc([C@@H](C)N2C[C@@H](C)c3ccccc32)o1. The van der Waals surface area contributed by atoms with Gasteiger partial charge in [-0.25, -0.2) is 0 Å². The third kappa shape index (κ3) is 1.68. The van der Waals surface area contributed by atoms with Gasteiger partial charge in [0.2, 0.25) is 11.8 Å². The van der Waals surface area contributed by atoms with Gasteiger partial charge in [-0.2, -0.15) is 0 Å². The van der Waals surface area contributed by atoms with E-state index in [0.717, 1.165) is 6.54 Å². The third-order valence-electron chi connectivity index (χ3n) is 3.61. The van der Waals surface area contributed by atoms with E-state index in [1.165, 1.54) is 11.3 Å². The molecule has 0 radical (unpaired) electrons. The van der Waals surface area contributed by atoms with E-state index < -0.39 is 0 Å². The minimum atomic E-state index is 0.122. The van der Waals surface area contributed by atoms with Crippen molar-refractivity contribution in [2.45, 2.75) is 32.7 Å². The standard InChI is InChI=1S/C14H17N3O/c1-9-8-17(13-7-5-4-6-12(9)13)10(2)14-16-15-11(3)18-14/h4-7,9-10H,8H2,1-3H3/t9-,10-/m1/s1. The lowest BCUT2D eigenvalue weighted by Crippen LogP contribution is -2.25. The zero-order valence-electron chi connectivity index (χ0n) is 10.9. The van der Waals surface area contributed by atoms with Crippen molar-refractivity contribution in [1.82, 2.24) is 10.2 Å². The lowest BCUT2D eigenvalue weighted by molar-refractivity contribution is 0.429. The van der Waals surface area contributed by atoms with E-state index in [-0.39, 0.29) is 6.04 Å². The predicted molar refractivity (Wildman–Crippen MR) is 69.7 cm³/mol. The molecule has 0 saturated carbocycles. The summed E-state index contributed by atoms with van der Waals surface area (Å²) in [6, 6.07) is 8.66. The zero-order chi connectivity index (χ0) is 12.7. The van der Waals surface area contributed by atoms with Gasteiger partial charge >= 0.3 is 0 Å². The summed E-state index contributed by atoms with van der Waals surface area (Å²) in [5, 5.41) is 8.04. The molecule has 18 heavy (non-hydrogen) atoms. The first-order chi connectivity index (χ1) is 8.66. The molecule has 0 aliphatic carbocycles. The number of aryl methyl sites for hydroxylation is 1. The molecule has 0 fully saturated rings. The van der Waals surface area contributed by atoms with Gasteiger partial charge in [-0.1, -0.05) is 25.1 Å². The molecule has 0 amide bonds. The Morgan fingerprint density at radius 3 is 2.83 bits per heavy atom. The van der Waals surface area contributed by atoms with Crippen LogP contribution in [0.5, 0.6) is 0 Å². The Hall–Kier alpha value is -1.84. The summed E-state index contributed by atoms with van der Waals surface area (Å²) in [4.78, 5) is 2.34. The molecule has 0 unspecified atom stereocenters. The van der Waals surface area contributed by atoms with Crippen LogP contribution in [-0.2, 0) is 0 Å². The molecule has 1 aliphatic rings. The van der Waals surface area contributed by atoms with Crippen molar-refractivity contribution < 1.29 is 4.42 Å². The van der Waals surface area contributed by atoms with E-state index in [4.69, 9.17) is 4.42 Å². The van der Waals surface area contributed by atoms with Gasteiger partial charge in [0.1, 0.15) is 6.04 Å². The van der Waals surface area contributed by atoms with Crippen molar-refractivity contribution in [2.75, 3.05) is 11.4 Å². The zero-order valence-corrected chi connectivity index (χ0v) is 10.9. The second-order valence-electron chi connectivity index (χ2n) is 4.95. The number of benzene rings is 1. The summed E-state index contributed by atoms with van der Waals surface area (Å²) in [7, 11) is 0. The topological polar surface area (TPSA) is 42.2 Å². The Morgan fingerprint density at radius 1 is 1.33 bits per heavy atom. The van der Waals surface area contributed by atoms with Gasteiger partial charge in [-0.3, -0.25) is 0 Å². The highest BCUT2D eigenvalue weighted by molar-refractivity contribution is 5.60. The molecule has 0 N–H and O–H groups in total. The highest BCUT2D eigenvalue weighted by Gasteiger charge is 2.31. The molecule has 1 aliphatic heterocycles. The molecule has 0 bridgehead atoms. The van der Waals surface area contributed by atoms with E-state index >= 15 is 0 Å². The summed E-state index contributed by atoms with van der Waals surface area (Å²) in [5.41, 5.74) is 2.69. The molecule has 2 aromatic rings. The summed E-state index contributed by atoms with van der Waals surface area (Å²) in [6.07, 6.45) is 0. The lowest BCUT2D eigenvalue weighted by Gasteiger charge is -2.24. The molecule has 1 aromatic heterocycles. The smallest absolute Gasteiger partial charge is 0.238 e. The Morgan fingerprint density at radius 2 is 2.11 bits per heavy atom. The second-order valence-corrected chi connectivity index (χ2v) is 4.95. The van der Waals surface area contributed by atoms with Crippen LogP contribution >= 0.6 is 0 Å². The van der Waals surface area contributed by atoms with E-state index in [2.05, 4.69) is 53.2 Å². The van der Waals surface area contributed by atoms with Gasteiger partial charge < -0.3 is 9.32 Å². The fourth-order valence-electron chi connectivity index (χ4n) is 2.64. The average Bonchev–Trinajstić information content (AvgIpc) is 2.94. The number of fused-ring (bicyclic) bond motifs is 1. The first-order valence-electron chi connectivity index (χ1n) is 6.32. The normalized spacial score (nSPS) is 19.9. The third-order valence-corrected chi connectivity index (χ3v) is 3.61. The van der Waals surface area contributed by atoms with Crippen LogP contribution in [0.25, 0.3) is 0 Å². The van der Waals surface area contributed by atoms with Crippen LogP contribution in [0.1, 0.15) is 43.2 Å². The minimum absolute atomic E-state index is 0.122. The Balaban J connectivity index is 1.95. The maximum atomic E-state index is 5.54. The average molecular weight is 243 g/mol. The molecule has 1 aromatic carbocycles. The Kier molecular flexibility index (Phi) is 2.58. The number of anilines is 1. The van der Waals surface area contributed by atoms with Gasteiger partial charge in [0.25, 0.3) is 0 Å². The van der Waals surface area contributed by atoms with Gasteiger partial charge in [0.15, 0.2) is 0 Å². The van der Waals surface area contributed by atoms with E-state index in [9.17, 15) is 0 Å². The fourth-order valence-corrected chi connectivity index (χ4v) is 2.64. The van der Waals surface area contributed by atoms with Gasteiger partial charge in [0.05, 0.1) is 0 Å². The van der Waals surface area contributed by atoms with Crippen LogP contribution < -0.4 is 4.90 Å². The maximum absolute atomic E-state index is 5.54. The van der Waals surface area contributed by atoms with Crippen LogP contribution in [0.2, 0.25) is 0 Å². The number of aromatic nitrogens is 2. The molecule has 4 nitrogen and oxygen atoms in total. The molecule has 0 spiro atoms. The number of nitrogens with zero attached hydrogens (tertiary/aromatic N) is 3. The Bertz CT molecular complexity index is 564. The molecule has 3 rings (SSSR count). The predicted octanol–water partition coefficient (Wildman–Crippen LogP) is 3.06. The van der Waals surface area contributed by atoms with E-state index in [1.807, 2.05) is 6.92 Å². The molecule has 2 atom stereocenters. The summed E-state index contributed by atoms with van der Waals surface area (Å²) >= 11 is 0. The van der Waals surface area contributed by atoms with Crippen molar-refractivity contribution in [3.8, 4) is 0 Å². The van der Waals surface area contributed by atoms with E-state index in [1.54, 1.807) is 0 Å². The highest BCUT2D eigenvalue weighted by Crippen LogP contribution is 2.40. The molecule has 2 heterocycles. The first kappa shape index (κ1) is 11.3. The fraction of sp³-hybridized carbons (Fsp3) is 0.429. The molecule has 94 valence electrons. The first-order valence-corrected chi connectivity index (χ1v) is 6.32. The molecular weight excluding hydrogens is 226 g/mol. The van der Waals surface area contributed by atoms with Crippen molar-refractivity contribution in [3.63, 3.8) is 0 Å². The number of hydrogen-bond acceptors (Lipinski definition) is 4. The molecular formula is C14H17N3O. The van der Waals surface area contributed by atoms with Gasteiger partial charge in [-0.15, -0.1) is 10.2 Å². The monoisotopic (exact) mass is 243 g/mol. The summed E-state index contributed by atoms with van der Waals surface area (Å²) in [6.45, 7) is 7.19. The van der Waals surface area contributed by atoms with Crippen molar-refractivity contribution in [2.24, 2.45) is 0 Å². The number of rotatable bonds is 2. The lowest BCUT2D eigenvalue weighted by atomic mass is 10.0. The number of para-hydroxylation sites is 1. The van der Waals surface area contributed by atoms with Gasteiger partial charge in [-0.05, 0) is 18.6 Å². The summed E-state index contributed by atoms with van der Waals surface area (Å²) in [5.74, 6) is 1.86. The Labute approximate surface area is 107 Å². The molecule has 4 heteroatoms. The van der Waals surface area contributed by atoms with Crippen LogP contribution in [0.4, 0.5) is 5.69 Å². The van der Waals surface area contributed by atoms with Crippen LogP contribution in [0.15, 0.2) is 28.7 Å². The van der Waals surface area contributed by atoms with Crippen molar-refractivity contribution >= 4 is 5.69 Å². The molecule has 0 saturated heterocycles. The number of hydrogen-bond donors (Lipinski definition) is 0. The highest BCUT2D eigenvalue weighted by atomic mass is 16.4. The van der Waals surface area contributed by atoms with Crippen molar-refractivity contribution in [1.29, 1.82) is 0 Å². The van der Waals surface area contributed by atoms with E-state index in [0.29, 0.717) is 17.7 Å². The van der Waals surface area contributed by atoms with Crippen LogP contribution in [0.3, 0.4) is 0 Å². The quantitative estimate of drug-likeness (QED) is 0.813. The van der Waals surface area contributed by atoms with Crippen LogP contribution in [-0.4, -0.2) is 16.7 Å². The summed E-state index contributed by atoms with van der Waals surface area (Å²) < 4.78 is 5.54.